The van der Waals surface area contributed by atoms with E-state index in [2.05, 4.69) is 6.92 Å². The Kier molecular flexibility index (Phi) is 3.85. The number of carbonyl (C=O) groups is 2. The van der Waals surface area contributed by atoms with Crippen molar-refractivity contribution in [3.8, 4) is 11.5 Å². The molecule has 0 aliphatic rings. The summed E-state index contributed by atoms with van der Waals surface area (Å²) in [5, 5.41) is 0. The van der Waals surface area contributed by atoms with Crippen molar-refractivity contribution >= 4 is 12.3 Å². The highest BCUT2D eigenvalue weighted by Crippen LogP contribution is 2.27. The summed E-state index contributed by atoms with van der Waals surface area (Å²) < 4.78 is 9.92. The molecule has 0 aliphatic heterocycles. The quantitative estimate of drug-likeness (QED) is 0.428. The number of benzene rings is 1. The Morgan fingerprint density at radius 1 is 1.47 bits per heavy atom. The maximum absolute atomic E-state index is 11.0. The lowest BCUT2D eigenvalue weighted by atomic mass is 10.2. The maximum atomic E-state index is 11.0. The Morgan fingerprint density at radius 2 is 2.20 bits per heavy atom. The molecule has 0 saturated carbocycles. The Balaban J connectivity index is 2.97. The van der Waals surface area contributed by atoms with E-state index in [1.165, 1.54) is 19.2 Å². The third-order valence-electron chi connectivity index (χ3n) is 1.75. The first-order chi connectivity index (χ1) is 7.21. The van der Waals surface area contributed by atoms with Gasteiger partial charge in [-0.3, -0.25) is 9.59 Å². The first-order valence-electron chi connectivity index (χ1n) is 4.34. The second-order valence-corrected chi connectivity index (χ2v) is 2.75. The molecule has 15 heavy (non-hydrogen) atoms. The molecule has 1 aromatic rings. The molecule has 0 atom stereocenters. The lowest BCUT2D eigenvalue weighted by Gasteiger charge is -2.08. The molecule has 0 heterocycles. The highest BCUT2D eigenvalue weighted by atomic mass is 16.6. The van der Waals surface area contributed by atoms with E-state index in [9.17, 15) is 9.59 Å². The zero-order valence-electron chi connectivity index (χ0n) is 8.36. The lowest BCUT2D eigenvalue weighted by molar-refractivity contribution is -0.133. The van der Waals surface area contributed by atoms with Crippen LogP contribution in [0.4, 0.5) is 0 Å². The number of hydrogen-bond acceptors (Lipinski definition) is 4. The molecule has 0 aliphatic carbocycles. The molecule has 0 bridgehead atoms. The van der Waals surface area contributed by atoms with Crippen LogP contribution in [0, 0.1) is 6.92 Å². The number of hydrogen-bond donors (Lipinski definition) is 0. The molecule has 0 aromatic heterocycles. The lowest BCUT2D eigenvalue weighted by Crippen LogP contribution is -2.06. The minimum absolute atomic E-state index is 0.0403. The molecule has 1 radical (unpaired) electrons. The molecule has 0 spiro atoms. The fourth-order valence-corrected chi connectivity index (χ4v) is 1.02. The fraction of sp³-hybridized carbons (Fsp3) is 0.182. The summed E-state index contributed by atoms with van der Waals surface area (Å²) in [6.07, 6.45) is 0.730. The fourth-order valence-electron chi connectivity index (χ4n) is 1.02. The van der Waals surface area contributed by atoms with Crippen LogP contribution < -0.4 is 9.47 Å². The number of ether oxygens (including phenoxy) is 2. The molecule has 4 heteroatoms. The Labute approximate surface area is 87.8 Å². The molecular formula is C11H11O4. The van der Waals surface area contributed by atoms with E-state index in [0.29, 0.717) is 17.6 Å². The van der Waals surface area contributed by atoms with Crippen molar-refractivity contribution < 1.29 is 19.1 Å². The van der Waals surface area contributed by atoms with Gasteiger partial charge in [-0.05, 0) is 25.1 Å². The van der Waals surface area contributed by atoms with Crippen molar-refractivity contribution in [3.05, 3.63) is 30.7 Å². The Bertz CT molecular complexity index is 371. The molecule has 4 nitrogen and oxygen atoms in total. The van der Waals surface area contributed by atoms with Gasteiger partial charge in [0.1, 0.15) is 6.29 Å². The van der Waals surface area contributed by atoms with Crippen LogP contribution >= 0.6 is 0 Å². The summed E-state index contributed by atoms with van der Waals surface area (Å²) in [4.78, 5) is 21.5. The normalized spacial score (nSPS) is 9.47. The average Bonchev–Trinajstić information content (AvgIpc) is 2.29. The molecule has 0 fully saturated rings. The molecule has 0 N–H and O–H groups in total. The zero-order valence-corrected chi connectivity index (χ0v) is 8.36. The summed E-state index contributed by atoms with van der Waals surface area (Å²) in [7, 11) is 1.44. The molecule has 1 aromatic carbocycles. The molecular weight excluding hydrogens is 196 g/mol. The van der Waals surface area contributed by atoms with Crippen LogP contribution in [-0.2, 0) is 4.79 Å². The van der Waals surface area contributed by atoms with Crippen molar-refractivity contribution in [2.75, 3.05) is 7.11 Å². The van der Waals surface area contributed by atoms with Gasteiger partial charge in [0.2, 0.25) is 0 Å². The van der Waals surface area contributed by atoms with Crippen molar-refractivity contribution in [1.29, 1.82) is 0 Å². The minimum Gasteiger partial charge on any atom is -0.493 e. The second kappa shape index (κ2) is 5.14. The number of rotatable bonds is 4. The Hall–Kier alpha value is -1.84. The van der Waals surface area contributed by atoms with Gasteiger partial charge in [-0.1, -0.05) is 0 Å². The largest absolute Gasteiger partial charge is 0.493 e. The van der Waals surface area contributed by atoms with Gasteiger partial charge in [0, 0.05) is 12.0 Å². The van der Waals surface area contributed by atoms with Gasteiger partial charge < -0.3 is 9.47 Å². The zero-order chi connectivity index (χ0) is 11.3. The topological polar surface area (TPSA) is 52.6 Å². The monoisotopic (exact) mass is 207 g/mol. The summed E-state index contributed by atoms with van der Waals surface area (Å²) >= 11 is 0. The van der Waals surface area contributed by atoms with Crippen LogP contribution in [-0.4, -0.2) is 19.4 Å². The van der Waals surface area contributed by atoms with Gasteiger partial charge in [-0.25, -0.2) is 0 Å². The highest BCUT2D eigenvalue weighted by molar-refractivity contribution is 5.78. The summed E-state index contributed by atoms with van der Waals surface area (Å²) in [5.74, 6) is 0.185. The van der Waals surface area contributed by atoms with Crippen LogP contribution in [0.1, 0.15) is 16.8 Å². The number of methoxy groups -OCH3 is 1. The third-order valence-corrected chi connectivity index (χ3v) is 1.75. The van der Waals surface area contributed by atoms with E-state index in [4.69, 9.17) is 9.47 Å². The van der Waals surface area contributed by atoms with E-state index < -0.39 is 5.97 Å². The van der Waals surface area contributed by atoms with Crippen LogP contribution in [0.5, 0.6) is 11.5 Å². The predicted molar refractivity (Wildman–Crippen MR) is 54.0 cm³/mol. The van der Waals surface area contributed by atoms with E-state index in [1.54, 1.807) is 6.07 Å². The number of carbonyl (C=O) groups excluding carboxylic acids is 2. The van der Waals surface area contributed by atoms with Crippen molar-refractivity contribution in [2.45, 2.75) is 6.42 Å². The van der Waals surface area contributed by atoms with Crippen LogP contribution in [0.2, 0.25) is 0 Å². The number of aldehydes is 1. The van der Waals surface area contributed by atoms with Crippen LogP contribution in [0.15, 0.2) is 18.2 Å². The van der Waals surface area contributed by atoms with Crippen molar-refractivity contribution in [1.82, 2.24) is 0 Å². The van der Waals surface area contributed by atoms with Gasteiger partial charge >= 0.3 is 5.97 Å². The van der Waals surface area contributed by atoms with Crippen LogP contribution in [0.3, 0.4) is 0 Å². The van der Waals surface area contributed by atoms with Gasteiger partial charge in [-0.15, -0.1) is 0 Å². The van der Waals surface area contributed by atoms with Gasteiger partial charge in [0.05, 0.1) is 7.11 Å². The first kappa shape index (κ1) is 11.2. The maximum Gasteiger partial charge on any atom is 0.311 e. The van der Waals surface area contributed by atoms with Crippen molar-refractivity contribution in [2.24, 2.45) is 0 Å². The van der Waals surface area contributed by atoms with Crippen molar-refractivity contribution in [3.63, 3.8) is 0 Å². The van der Waals surface area contributed by atoms with Crippen LogP contribution in [0.25, 0.3) is 0 Å². The second-order valence-electron chi connectivity index (χ2n) is 2.75. The Morgan fingerprint density at radius 3 is 2.73 bits per heavy atom. The minimum atomic E-state index is -0.452. The SMILES string of the molecule is [CH2]CC(=O)Oc1ccc(C=O)cc1OC. The van der Waals surface area contributed by atoms with E-state index in [1.807, 2.05) is 0 Å². The standard InChI is InChI=1S/C11H11O4/c1-3-11(13)15-9-5-4-8(7-12)6-10(9)14-2/h4-7H,1,3H2,2H3. The highest BCUT2D eigenvalue weighted by Gasteiger charge is 2.08. The van der Waals surface area contributed by atoms with Gasteiger partial charge in [0.25, 0.3) is 0 Å². The molecule has 0 unspecified atom stereocenters. The predicted octanol–water partition coefficient (Wildman–Crippen LogP) is 1.64. The van der Waals surface area contributed by atoms with E-state index in [-0.39, 0.29) is 12.2 Å². The summed E-state index contributed by atoms with van der Waals surface area (Å²) in [6, 6.07) is 4.55. The molecule has 79 valence electrons. The third kappa shape index (κ3) is 2.80. The smallest absolute Gasteiger partial charge is 0.311 e. The molecule has 0 amide bonds. The van der Waals surface area contributed by atoms with Gasteiger partial charge in [-0.2, -0.15) is 0 Å². The first-order valence-corrected chi connectivity index (χ1v) is 4.34. The van der Waals surface area contributed by atoms with E-state index in [0.717, 1.165) is 0 Å². The summed E-state index contributed by atoms with van der Waals surface area (Å²) in [6.45, 7) is 3.40. The average molecular weight is 207 g/mol. The number of esters is 1. The molecule has 1 rings (SSSR count). The van der Waals surface area contributed by atoms with Gasteiger partial charge in [0.15, 0.2) is 11.5 Å². The summed E-state index contributed by atoms with van der Waals surface area (Å²) in [5.41, 5.74) is 0.460. The van der Waals surface area contributed by atoms with E-state index >= 15 is 0 Å². The molecule has 0 saturated heterocycles.